The Kier molecular flexibility index (Phi) is 3.50. The summed E-state index contributed by atoms with van der Waals surface area (Å²) in [5.41, 5.74) is 2.25. The monoisotopic (exact) mass is 176 g/mol. The second kappa shape index (κ2) is 4.65. The molecule has 0 spiro atoms. The van der Waals surface area contributed by atoms with Crippen molar-refractivity contribution in [1.29, 1.82) is 0 Å². The maximum absolute atomic E-state index is 11.2. The summed E-state index contributed by atoms with van der Waals surface area (Å²) in [6.45, 7) is 5.47. The van der Waals surface area contributed by atoms with E-state index in [1.54, 1.807) is 13.5 Å². The predicted molar refractivity (Wildman–Crippen MR) is 53.0 cm³/mol. The summed E-state index contributed by atoms with van der Waals surface area (Å²) in [6.07, 6.45) is 0.455. The summed E-state index contributed by atoms with van der Waals surface area (Å²) < 4.78 is 0. The van der Waals surface area contributed by atoms with E-state index in [1.165, 1.54) is 0 Å². The van der Waals surface area contributed by atoms with Gasteiger partial charge in [0.1, 0.15) is 0 Å². The van der Waals surface area contributed by atoms with Gasteiger partial charge in [-0.25, -0.2) is 0 Å². The van der Waals surface area contributed by atoms with Gasteiger partial charge in [-0.3, -0.25) is 4.79 Å². The van der Waals surface area contributed by atoms with Crippen molar-refractivity contribution < 1.29 is 4.79 Å². The Morgan fingerprint density at radius 1 is 1.46 bits per heavy atom. The summed E-state index contributed by atoms with van der Waals surface area (Å²) in [5, 5.41) is 2.66. The van der Waals surface area contributed by atoms with E-state index < -0.39 is 0 Å². The zero-order chi connectivity index (χ0) is 9.68. The summed E-state index contributed by atoms with van der Waals surface area (Å²) >= 11 is 0. The third-order valence-corrected chi connectivity index (χ3v) is 1.92. The van der Waals surface area contributed by atoms with Gasteiger partial charge in [0.25, 0.3) is 0 Å². The Bertz CT molecular complexity index is 294. The Morgan fingerprint density at radius 2 is 2.15 bits per heavy atom. The van der Waals surface area contributed by atoms with Crippen LogP contribution in [0.5, 0.6) is 0 Å². The average molecular weight is 176 g/mol. The molecular formula is C11H14NO. The molecule has 1 amide bonds. The average Bonchev–Trinajstić information content (AvgIpc) is 2.09. The van der Waals surface area contributed by atoms with Crippen LogP contribution in [0.2, 0.25) is 0 Å². The van der Waals surface area contributed by atoms with E-state index in [9.17, 15) is 4.79 Å². The summed E-state index contributed by atoms with van der Waals surface area (Å²) in [5.74, 6) is 0.0387. The molecule has 1 aromatic carbocycles. The lowest BCUT2D eigenvalue weighted by atomic mass is 10.1. The fourth-order valence-electron chi connectivity index (χ4n) is 1.19. The van der Waals surface area contributed by atoms with Crippen molar-refractivity contribution in [3.8, 4) is 0 Å². The molecule has 69 valence electrons. The first-order valence-electron chi connectivity index (χ1n) is 4.35. The smallest absolute Gasteiger partial charge is 0.224 e. The van der Waals surface area contributed by atoms with Crippen molar-refractivity contribution in [3.63, 3.8) is 0 Å². The molecule has 0 aliphatic heterocycles. The molecule has 1 radical (unpaired) electrons. The summed E-state index contributed by atoms with van der Waals surface area (Å²) in [7, 11) is 0. The van der Waals surface area contributed by atoms with Crippen LogP contribution in [0.4, 0.5) is 0 Å². The number of hydrogen-bond donors (Lipinski definition) is 1. The lowest BCUT2D eigenvalue weighted by Crippen LogP contribution is -2.21. The fourth-order valence-corrected chi connectivity index (χ4v) is 1.19. The molecule has 0 atom stereocenters. The highest BCUT2D eigenvalue weighted by atomic mass is 16.1. The molecule has 0 aliphatic carbocycles. The van der Waals surface area contributed by atoms with Gasteiger partial charge >= 0.3 is 0 Å². The Balaban J connectivity index is 2.63. The van der Waals surface area contributed by atoms with Crippen LogP contribution >= 0.6 is 0 Å². The van der Waals surface area contributed by atoms with E-state index in [4.69, 9.17) is 0 Å². The van der Waals surface area contributed by atoms with Gasteiger partial charge in [0, 0.05) is 6.54 Å². The van der Waals surface area contributed by atoms with Gasteiger partial charge in [0.15, 0.2) is 0 Å². The van der Waals surface area contributed by atoms with Crippen LogP contribution in [0.3, 0.4) is 0 Å². The lowest BCUT2D eigenvalue weighted by Gasteiger charge is -2.04. The second-order valence-corrected chi connectivity index (χ2v) is 2.96. The topological polar surface area (TPSA) is 29.1 Å². The molecule has 0 aromatic heterocycles. The first-order chi connectivity index (χ1) is 6.24. The molecule has 0 heterocycles. The van der Waals surface area contributed by atoms with Crippen LogP contribution in [-0.2, 0) is 11.2 Å². The van der Waals surface area contributed by atoms with Crippen molar-refractivity contribution in [2.24, 2.45) is 0 Å². The molecule has 1 aromatic rings. The quantitative estimate of drug-likeness (QED) is 0.748. The maximum atomic E-state index is 11.2. The van der Waals surface area contributed by atoms with Crippen LogP contribution in [0.1, 0.15) is 18.1 Å². The number of carbonyl (C=O) groups excluding carboxylic acids is 1. The van der Waals surface area contributed by atoms with Crippen LogP contribution in [0.15, 0.2) is 24.3 Å². The highest BCUT2D eigenvalue weighted by Crippen LogP contribution is 2.07. The molecule has 2 heteroatoms. The SMILES string of the molecule is C[CH]NC(=O)Cc1ccccc1C. The number of rotatable bonds is 3. The van der Waals surface area contributed by atoms with Gasteiger partial charge in [-0.15, -0.1) is 0 Å². The zero-order valence-electron chi connectivity index (χ0n) is 8.00. The van der Waals surface area contributed by atoms with Crippen LogP contribution in [-0.4, -0.2) is 5.91 Å². The lowest BCUT2D eigenvalue weighted by molar-refractivity contribution is -0.119. The molecule has 1 N–H and O–H groups in total. The first-order valence-corrected chi connectivity index (χ1v) is 4.35. The van der Waals surface area contributed by atoms with Gasteiger partial charge in [0.05, 0.1) is 6.42 Å². The first kappa shape index (κ1) is 9.78. The number of nitrogens with one attached hydrogen (secondary N) is 1. The third-order valence-electron chi connectivity index (χ3n) is 1.92. The van der Waals surface area contributed by atoms with Crippen molar-refractivity contribution in [1.82, 2.24) is 5.32 Å². The van der Waals surface area contributed by atoms with E-state index in [1.807, 2.05) is 31.2 Å². The number of carbonyl (C=O) groups is 1. The van der Waals surface area contributed by atoms with Crippen molar-refractivity contribution >= 4 is 5.91 Å². The molecule has 0 aliphatic rings. The Labute approximate surface area is 79.0 Å². The molecule has 0 fully saturated rings. The van der Waals surface area contributed by atoms with Crippen LogP contribution < -0.4 is 5.32 Å². The highest BCUT2D eigenvalue weighted by Gasteiger charge is 2.03. The van der Waals surface area contributed by atoms with Crippen molar-refractivity contribution in [2.75, 3.05) is 0 Å². The maximum Gasteiger partial charge on any atom is 0.224 e. The van der Waals surface area contributed by atoms with Gasteiger partial charge in [0.2, 0.25) is 5.91 Å². The summed E-state index contributed by atoms with van der Waals surface area (Å²) in [4.78, 5) is 11.2. The van der Waals surface area contributed by atoms with Gasteiger partial charge in [-0.05, 0) is 25.0 Å². The largest absolute Gasteiger partial charge is 0.351 e. The minimum atomic E-state index is 0.0387. The number of aryl methyl sites for hydroxylation is 1. The van der Waals surface area contributed by atoms with E-state index in [0.29, 0.717) is 6.42 Å². The van der Waals surface area contributed by atoms with E-state index in [0.717, 1.165) is 11.1 Å². The van der Waals surface area contributed by atoms with Gasteiger partial charge in [-0.2, -0.15) is 0 Å². The van der Waals surface area contributed by atoms with E-state index >= 15 is 0 Å². The van der Waals surface area contributed by atoms with Crippen molar-refractivity contribution in [3.05, 3.63) is 41.9 Å². The predicted octanol–water partition coefficient (Wildman–Crippen LogP) is 1.84. The number of amides is 1. The van der Waals surface area contributed by atoms with Crippen LogP contribution in [0.25, 0.3) is 0 Å². The zero-order valence-corrected chi connectivity index (χ0v) is 8.00. The van der Waals surface area contributed by atoms with E-state index in [2.05, 4.69) is 5.32 Å². The molecule has 0 saturated heterocycles. The minimum absolute atomic E-state index is 0.0387. The molecule has 0 saturated carbocycles. The van der Waals surface area contributed by atoms with Crippen molar-refractivity contribution in [2.45, 2.75) is 20.3 Å². The molecule has 0 unspecified atom stereocenters. The summed E-state index contributed by atoms with van der Waals surface area (Å²) in [6, 6.07) is 7.91. The van der Waals surface area contributed by atoms with Gasteiger partial charge < -0.3 is 5.32 Å². The highest BCUT2D eigenvalue weighted by molar-refractivity contribution is 5.79. The normalized spacial score (nSPS) is 9.69. The van der Waals surface area contributed by atoms with E-state index in [-0.39, 0.29) is 5.91 Å². The second-order valence-electron chi connectivity index (χ2n) is 2.96. The standard InChI is InChI=1S/C11H14NO/c1-3-12-11(13)8-10-7-5-4-6-9(10)2/h3-7H,8H2,1-2H3,(H,12,13). The Morgan fingerprint density at radius 3 is 2.77 bits per heavy atom. The molecule has 13 heavy (non-hydrogen) atoms. The minimum Gasteiger partial charge on any atom is -0.351 e. The van der Waals surface area contributed by atoms with Crippen LogP contribution in [0, 0.1) is 13.5 Å². The molecule has 2 nitrogen and oxygen atoms in total. The third kappa shape index (κ3) is 2.90. The number of benzene rings is 1. The molecule has 0 bridgehead atoms. The van der Waals surface area contributed by atoms with Gasteiger partial charge in [-0.1, -0.05) is 24.3 Å². The molecular weight excluding hydrogens is 162 g/mol. The molecule has 1 rings (SSSR count). The number of hydrogen-bond acceptors (Lipinski definition) is 1. The fraction of sp³-hybridized carbons (Fsp3) is 0.273. The Hall–Kier alpha value is -1.31.